The predicted octanol–water partition coefficient (Wildman–Crippen LogP) is 1.80. The van der Waals surface area contributed by atoms with Gasteiger partial charge in [0.2, 0.25) is 0 Å². The van der Waals surface area contributed by atoms with Crippen LogP contribution in [0.3, 0.4) is 0 Å². The van der Waals surface area contributed by atoms with Gasteiger partial charge >= 0.3 is 0 Å². The minimum atomic E-state index is -0.513. The number of ketones is 1. The summed E-state index contributed by atoms with van der Waals surface area (Å²) in [6.45, 7) is 0.317. The summed E-state index contributed by atoms with van der Waals surface area (Å²) >= 11 is 0. The molecule has 1 heterocycles. The summed E-state index contributed by atoms with van der Waals surface area (Å²) in [5, 5.41) is 0. The topological polar surface area (TPSA) is 35.5 Å². The van der Waals surface area contributed by atoms with Crippen LogP contribution in [0.2, 0.25) is 0 Å². The number of Topliss-reactive ketones (excluding diaryl/α,β-unsaturated/α-hetero) is 1. The van der Waals surface area contributed by atoms with Gasteiger partial charge in [-0.2, -0.15) is 0 Å². The van der Waals surface area contributed by atoms with Crippen LogP contribution in [-0.4, -0.2) is 19.5 Å². The third-order valence-corrected chi connectivity index (χ3v) is 2.14. The third-order valence-electron chi connectivity index (χ3n) is 2.14. The summed E-state index contributed by atoms with van der Waals surface area (Å²) in [6, 6.07) is 2.57. The fourth-order valence-corrected chi connectivity index (χ4v) is 1.42. The van der Waals surface area contributed by atoms with E-state index in [2.05, 4.69) is 0 Å². The van der Waals surface area contributed by atoms with E-state index in [4.69, 9.17) is 9.47 Å². The first-order chi connectivity index (χ1) is 6.72. The monoisotopic (exact) mass is 196 g/mol. The maximum absolute atomic E-state index is 13.2. The van der Waals surface area contributed by atoms with E-state index in [9.17, 15) is 9.18 Å². The van der Waals surface area contributed by atoms with Crippen LogP contribution in [0, 0.1) is 5.82 Å². The number of carbonyl (C=O) groups is 1. The molecule has 0 amide bonds. The van der Waals surface area contributed by atoms with Gasteiger partial charge < -0.3 is 9.47 Å². The lowest BCUT2D eigenvalue weighted by Gasteiger charge is -2.16. The number of benzene rings is 1. The van der Waals surface area contributed by atoms with E-state index in [-0.39, 0.29) is 11.5 Å². The average molecular weight is 196 g/mol. The molecule has 3 nitrogen and oxygen atoms in total. The molecule has 0 saturated carbocycles. The Balaban J connectivity index is 2.54. The molecule has 0 unspecified atom stereocenters. The average Bonchev–Trinajstić information content (AvgIpc) is 2.17. The van der Waals surface area contributed by atoms with Gasteiger partial charge in [-0.15, -0.1) is 0 Å². The Morgan fingerprint density at radius 1 is 1.50 bits per heavy atom. The summed E-state index contributed by atoms with van der Waals surface area (Å²) in [5.41, 5.74) is 0.398. The van der Waals surface area contributed by atoms with Crippen molar-refractivity contribution in [2.45, 2.75) is 6.42 Å². The molecule has 1 aromatic carbocycles. The molecule has 14 heavy (non-hydrogen) atoms. The Labute approximate surface area is 80.4 Å². The highest BCUT2D eigenvalue weighted by Gasteiger charge is 2.21. The van der Waals surface area contributed by atoms with Crippen molar-refractivity contribution in [2.24, 2.45) is 0 Å². The molecular formula is C10H9FO3. The highest BCUT2D eigenvalue weighted by atomic mass is 19.1. The molecule has 4 heteroatoms. The standard InChI is InChI=1S/C10H9FO3/c1-13-10-4-6-8(12)2-3-14-9(6)5-7(10)11/h4-5H,2-3H2,1H3. The van der Waals surface area contributed by atoms with Crippen molar-refractivity contribution in [1.82, 2.24) is 0 Å². The van der Waals surface area contributed by atoms with Gasteiger partial charge in [0.1, 0.15) is 5.75 Å². The van der Waals surface area contributed by atoms with E-state index >= 15 is 0 Å². The van der Waals surface area contributed by atoms with E-state index in [0.717, 1.165) is 0 Å². The number of hydrogen-bond donors (Lipinski definition) is 0. The van der Waals surface area contributed by atoms with Gasteiger partial charge in [-0.1, -0.05) is 0 Å². The van der Waals surface area contributed by atoms with Crippen LogP contribution >= 0.6 is 0 Å². The number of ether oxygens (including phenoxy) is 2. The lowest BCUT2D eigenvalue weighted by Crippen LogP contribution is -2.15. The molecule has 1 aromatic rings. The number of hydrogen-bond acceptors (Lipinski definition) is 3. The number of methoxy groups -OCH3 is 1. The van der Waals surface area contributed by atoms with Crippen molar-refractivity contribution < 1.29 is 18.7 Å². The maximum atomic E-state index is 13.2. The van der Waals surface area contributed by atoms with E-state index in [1.807, 2.05) is 0 Å². The highest BCUT2D eigenvalue weighted by Crippen LogP contribution is 2.30. The van der Waals surface area contributed by atoms with E-state index < -0.39 is 5.82 Å². The Morgan fingerprint density at radius 2 is 2.29 bits per heavy atom. The molecule has 0 fully saturated rings. The Hall–Kier alpha value is -1.58. The van der Waals surface area contributed by atoms with Gasteiger partial charge in [0.25, 0.3) is 0 Å². The first-order valence-electron chi connectivity index (χ1n) is 4.26. The molecule has 74 valence electrons. The first kappa shape index (κ1) is 8.99. The molecule has 2 rings (SSSR count). The zero-order valence-corrected chi connectivity index (χ0v) is 7.67. The van der Waals surface area contributed by atoms with Crippen LogP contribution in [0.4, 0.5) is 4.39 Å². The second-order valence-electron chi connectivity index (χ2n) is 3.00. The van der Waals surface area contributed by atoms with E-state index in [1.165, 1.54) is 19.2 Å². The lowest BCUT2D eigenvalue weighted by molar-refractivity contribution is 0.0932. The Morgan fingerprint density at radius 3 is 3.00 bits per heavy atom. The summed E-state index contributed by atoms with van der Waals surface area (Å²) in [5.74, 6) is -0.173. The van der Waals surface area contributed by atoms with Gasteiger partial charge in [0.15, 0.2) is 17.3 Å². The van der Waals surface area contributed by atoms with Gasteiger partial charge in [0, 0.05) is 12.5 Å². The van der Waals surface area contributed by atoms with Gasteiger partial charge in [-0.3, -0.25) is 4.79 Å². The molecule has 1 aliphatic rings. The van der Waals surface area contributed by atoms with E-state index in [0.29, 0.717) is 24.3 Å². The Kier molecular flexibility index (Phi) is 2.11. The fraction of sp³-hybridized carbons (Fsp3) is 0.300. The zero-order valence-electron chi connectivity index (χ0n) is 7.67. The van der Waals surface area contributed by atoms with Gasteiger partial charge in [0.05, 0.1) is 19.3 Å². The SMILES string of the molecule is COc1cc2c(cc1F)OCCC2=O. The molecule has 0 aromatic heterocycles. The maximum Gasteiger partial charge on any atom is 0.170 e. The van der Waals surface area contributed by atoms with Crippen LogP contribution in [0.15, 0.2) is 12.1 Å². The zero-order chi connectivity index (χ0) is 10.1. The minimum absolute atomic E-state index is 0.0375. The number of carbonyl (C=O) groups excluding carboxylic acids is 1. The van der Waals surface area contributed by atoms with Crippen LogP contribution in [0.25, 0.3) is 0 Å². The van der Waals surface area contributed by atoms with Crippen molar-refractivity contribution >= 4 is 5.78 Å². The second kappa shape index (κ2) is 3.29. The normalized spacial score (nSPS) is 14.6. The quantitative estimate of drug-likeness (QED) is 0.687. The summed E-state index contributed by atoms with van der Waals surface area (Å²) in [4.78, 5) is 11.4. The molecule has 0 N–H and O–H groups in total. The lowest BCUT2D eigenvalue weighted by atomic mass is 10.0. The molecule has 0 radical (unpaired) electrons. The molecule has 0 bridgehead atoms. The highest BCUT2D eigenvalue weighted by molar-refractivity contribution is 6.00. The summed E-state index contributed by atoms with van der Waals surface area (Å²) < 4.78 is 23.1. The first-order valence-corrected chi connectivity index (χ1v) is 4.26. The molecule has 0 atom stereocenters. The Bertz CT molecular complexity index is 387. The third kappa shape index (κ3) is 1.32. The van der Waals surface area contributed by atoms with Crippen LogP contribution < -0.4 is 9.47 Å². The van der Waals surface area contributed by atoms with Crippen molar-refractivity contribution in [3.8, 4) is 11.5 Å². The van der Waals surface area contributed by atoms with Crippen molar-refractivity contribution in [3.63, 3.8) is 0 Å². The molecule has 0 aliphatic carbocycles. The summed E-state index contributed by atoms with van der Waals surface area (Å²) in [6.07, 6.45) is 0.335. The fourth-order valence-electron chi connectivity index (χ4n) is 1.42. The van der Waals surface area contributed by atoms with Crippen molar-refractivity contribution in [1.29, 1.82) is 0 Å². The van der Waals surface area contributed by atoms with Crippen molar-refractivity contribution in [2.75, 3.05) is 13.7 Å². The summed E-state index contributed by atoms with van der Waals surface area (Å²) in [7, 11) is 1.36. The van der Waals surface area contributed by atoms with Crippen molar-refractivity contribution in [3.05, 3.63) is 23.5 Å². The van der Waals surface area contributed by atoms with Gasteiger partial charge in [-0.25, -0.2) is 4.39 Å². The van der Waals surface area contributed by atoms with E-state index in [1.54, 1.807) is 0 Å². The largest absolute Gasteiger partial charge is 0.494 e. The molecule has 1 aliphatic heterocycles. The smallest absolute Gasteiger partial charge is 0.170 e. The molecule has 0 saturated heterocycles. The number of rotatable bonds is 1. The number of fused-ring (bicyclic) bond motifs is 1. The minimum Gasteiger partial charge on any atom is -0.494 e. The van der Waals surface area contributed by atoms with Gasteiger partial charge in [-0.05, 0) is 6.07 Å². The predicted molar refractivity (Wildman–Crippen MR) is 47.4 cm³/mol. The van der Waals surface area contributed by atoms with Crippen LogP contribution in [0.1, 0.15) is 16.8 Å². The molecular weight excluding hydrogens is 187 g/mol. The second-order valence-corrected chi connectivity index (χ2v) is 3.00. The van der Waals surface area contributed by atoms with Crippen LogP contribution in [0.5, 0.6) is 11.5 Å². The number of halogens is 1. The van der Waals surface area contributed by atoms with Crippen LogP contribution in [-0.2, 0) is 0 Å². The molecule has 0 spiro atoms.